The number of para-hydroxylation sites is 2. The average Bonchev–Trinajstić information content (AvgIpc) is 3.23. The number of pyridine rings is 1. The molecule has 0 spiro atoms. The monoisotopic (exact) mass is 459 g/mol. The summed E-state index contributed by atoms with van der Waals surface area (Å²) in [5, 5.41) is 5.62. The number of carbonyl (C=O) groups excluding carboxylic acids is 2. The molecule has 2 unspecified atom stereocenters. The van der Waals surface area contributed by atoms with Gasteiger partial charge in [-0.15, -0.1) is 0 Å². The van der Waals surface area contributed by atoms with Crippen molar-refractivity contribution in [3.63, 3.8) is 0 Å². The van der Waals surface area contributed by atoms with Crippen LogP contribution >= 0.6 is 0 Å². The van der Waals surface area contributed by atoms with Crippen molar-refractivity contribution in [1.29, 1.82) is 0 Å². The van der Waals surface area contributed by atoms with Crippen LogP contribution in [0.3, 0.4) is 0 Å². The first-order chi connectivity index (χ1) is 16.4. The molecule has 1 aliphatic rings. The van der Waals surface area contributed by atoms with Crippen molar-refractivity contribution in [3.8, 4) is 0 Å². The lowest BCUT2D eigenvalue weighted by Crippen LogP contribution is -2.28. The Balaban J connectivity index is 1.40. The molecule has 2 amide bonds. The Morgan fingerprint density at radius 2 is 1.82 bits per heavy atom. The first-order valence-electron chi connectivity index (χ1n) is 10.9. The van der Waals surface area contributed by atoms with Crippen LogP contribution in [-0.2, 0) is 9.59 Å². The van der Waals surface area contributed by atoms with Crippen molar-refractivity contribution in [3.05, 3.63) is 90.0 Å². The number of nitrogens with two attached hydrogens (primary N) is 1. The third-order valence-corrected chi connectivity index (χ3v) is 5.81. The maximum atomic E-state index is 13.1. The number of carbonyl (C=O) groups is 2. The van der Waals surface area contributed by atoms with E-state index in [0.29, 0.717) is 29.3 Å². The number of nitrogen functional groups attached to an aromatic ring is 1. The van der Waals surface area contributed by atoms with Gasteiger partial charge in [0.25, 0.3) is 0 Å². The molecule has 0 aliphatic carbocycles. The number of anilines is 3. The Kier molecular flexibility index (Phi) is 6.98. The van der Waals surface area contributed by atoms with Gasteiger partial charge < -0.3 is 21.3 Å². The molecule has 2 heterocycles. The molecule has 1 aromatic heterocycles. The molecule has 1 aliphatic heterocycles. The fourth-order valence-electron chi connectivity index (χ4n) is 4.05. The van der Waals surface area contributed by atoms with Crippen LogP contribution in [-0.4, -0.2) is 41.8 Å². The van der Waals surface area contributed by atoms with Gasteiger partial charge in [0, 0.05) is 37.0 Å². The minimum absolute atomic E-state index is 0.0275. The molecule has 1 fully saturated rings. The largest absolute Gasteiger partial charge is 0.397 e. The SMILES string of the molecule is CN1CC(C(=O)Nc2ccc(F)cc2)C(c2ccc(C=CC(=O)Nc3ccccc3N)nc2)C1. The topological polar surface area (TPSA) is 100 Å². The summed E-state index contributed by atoms with van der Waals surface area (Å²) in [7, 11) is 1.97. The summed E-state index contributed by atoms with van der Waals surface area (Å²) in [4.78, 5) is 31.7. The van der Waals surface area contributed by atoms with Crippen LogP contribution in [0, 0.1) is 11.7 Å². The average molecular weight is 460 g/mol. The van der Waals surface area contributed by atoms with Crippen LogP contribution in [0.1, 0.15) is 17.2 Å². The van der Waals surface area contributed by atoms with E-state index in [0.717, 1.165) is 12.1 Å². The summed E-state index contributed by atoms with van der Waals surface area (Å²) in [6.07, 6.45) is 4.77. The lowest BCUT2D eigenvalue weighted by Gasteiger charge is -2.18. The highest BCUT2D eigenvalue weighted by Gasteiger charge is 2.37. The number of likely N-dealkylation sites (tertiary alicyclic amines) is 1. The van der Waals surface area contributed by atoms with E-state index in [4.69, 9.17) is 5.73 Å². The molecule has 7 nitrogen and oxygen atoms in total. The smallest absolute Gasteiger partial charge is 0.248 e. The zero-order valence-corrected chi connectivity index (χ0v) is 18.7. The van der Waals surface area contributed by atoms with E-state index in [-0.39, 0.29) is 29.5 Å². The standard InChI is InChI=1S/C26H26FN5O2/c1-32-15-21(22(16-32)26(34)30-20-10-7-18(27)8-11-20)17-6-9-19(29-14-17)12-13-25(33)31-24-5-3-2-4-23(24)28/h2-14,21-22H,15-16,28H2,1H3,(H,30,34)(H,31,33). The Bertz CT molecular complexity index is 1190. The predicted molar refractivity (Wildman–Crippen MR) is 132 cm³/mol. The normalized spacial score (nSPS) is 18.2. The lowest BCUT2D eigenvalue weighted by atomic mass is 9.89. The zero-order valence-electron chi connectivity index (χ0n) is 18.7. The number of benzene rings is 2. The Morgan fingerprint density at radius 1 is 1.06 bits per heavy atom. The second-order valence-corrected chi connectivity index (χ2v) is 8.36. The summed E-state index contributed by atoms with van der Waals surface area (Å²) < 4.78 is 13.1. The maximum Gasteiger partial charge on any atom is 0.248 e. The van der Waals surface area contributed by atoms with Crippen LogP contribution in [0.25, 0.3) is 6.08 Å². The van der Waals surface area contributed by atoms with Crippen LogP contribution in [0.2, 0.25) is 0 Å². The fraction of sp³-hybridized carbons (Fsp3) is 0.192. The summed E-state index contributed by atoms with van der Waals surface area (Å²) in [5.74, 6) is -1.06. The Morgan fingerprint density at radius 3 is 2.53 bits per heavy atom. The first kappa shape index (κ1) is 23.1. The highest BCUT2D eigenvalue weighted by molar-refractivity contribution is 6.03. The molecular formula is C26H26FN5O2. The maximum absolute atomic E-state index is 13.1. The molecule has 174 valence electrons. The number of hydrogen-bond donors (Lipinski definition) is 3. The highest BCUT2D eigenvalue weighted by Crippen LogP contribution is 2.32. The minimum Gasteiger partial charge on any atom is -0.397 e. The van der Waals surface area contributed by atoms with Gasteiger partial charge in [0.05, 0.1) is 23.0 Å². The number of rotatable bonds is 6. The molecule has 3 aromatic rings. The lowest BCUT2D eigenvalue weighted by molar-refractivity contribution is -0.119. The molecule has 8 heteroatoms. The summed E-state index contributed by atoms with van der Waals surface area (Å²) in [6, 6.07) is 16.5. The molecule has 2 atom stereocenters. The summed E-state index contributed by atoms with van der Waals surface area (Å²) in [6.45, 7) is 1.33. The Labute approximate surface area is 197 Å². The van der Waals surface area contributed by atoms with Crippen molar-refractivity contribution >= 4 is 35.0 Å². The van der Waals surface area contributed by atoms with E-state index < -0.39 is 0 Å². The van der Waals surface area contributed by atoms with Crippen LogP contribution in [0.4, 0.5) is 21.5 Å². The van der Waals surface area contributed by atoms with Gasteiger partial charge in [0.15, 0.2) is 0 Å². The van der Waals surface area contributed by atoms with E-state index in [1.165, 1.54) is 18.2 Å². The number of aromatic nitrogens is 1. The molecule has 0 radical (unpaired) electrons. The minimum atomic E-state index is -0.349. The van der Waals surface area contributed by atoms with Crippen molar-refractivity contribution < 1.29 is 14.0 Å². The first-order valence-corrected chi connectivity index (χ1v) is 10.9. The zero-order chi connectivity index (χ0) is 24.1. The van der Waals surface area contributed by atoms with E-state index in [1.807, 2.05) is 19.2 Å². The number of nitrogens with one attached hydrogen (secondary N) is 2. The van der Waals surface area contributed by atoms with Crippen molar-refractivity contribution in [2.24, 2.45) is 5.92 Å². The second kappa shape index (κ2) is 10.3. The van der Waals surface area contributed by atoms with Crippen LogP contribution < -0.4 is 16.4 Å². The molecular weight excluding hydrogens is 433 g/mol. The van der Waals surface area contributed by atoms with Crippen molar-refractivity contribution in [2.45, 2.75) is 5.92 Å². The summed E-state index contributed by atoms with van der Waals surface area (Å²) >= 11 is 0. The molecule has 34 heavy (non-hydrogen) atoms. The van der Waals surface area contributed by atoms with Crippen molar-refractivity contribution in [2.75, 3.05) is 36.5 Å². The highest BCUT2D eigenvalue weighted by atomic mass is 19.1. The Hall–Kier alpha value is -4.04. The van der Waals surface area contributed by atoms with E-state index in [9.17, 15) is 14.0 Å². The number of hydrogen-bond acceptors (Lipinski definition) is 5. The van der Waals surface area contributed by atoms with Gasteiger partial charge in [-0.25, -0.2) is 4.39 Å². The van der Waals surface area contributed by atoms with Crippen LogP contribution in [0.5, 0.6) is 0 Å². The van der Waals surface area contributed by atoms with Gasteiger partial charge in [0.2, 0.25) is 11.8 Å². The van der Waals surface area contributed by atoms with Gasteiger partial charge in [-0.2, -0.15) is 0 Å². The predicted octanol–water partition coefficient (Wildman–Crippen LogP) is 3.74. The fourth-order valence-corrected chi connectivity index (χ4v) is 4.05. The third-order valence-electron chi connectivity index (χ3n) is 5.81. The van der Waals surface area contributed by atoms with Gasteiger partial charge >= 0.3 is 0 Å². The van der Waals surface area contributed by atoms with Gasteiger partial charge in [-0.05, 0) is 61.2 Å². The molecule has 1 saturated heterocycles. The number of nitrogens with zero attached hydrogens (tertiary/aromatic N) is 2. The molecule has 2 aromatic carbocycles. The summed E-state index contributed by atoms with van der Waals surface area (Å²) in [5.41, 5.74) is 9.02. The van der Waals surface area contributed by atoms with Crippen molar-refractivity contribution in [1.82, 2.24) is 9.88 Å². The van der Waals surface area contributed by atoms with E-state index in [2.05, 4.69) is 20.5 Å². The number of halogens is 1. The third kappa shape index (κ3) is 5.65. The van der Waals surface area contributed by atoms with Gasteiger partial charge in [-0.3, -0.25) is 14.6 Å². The second-order valence-electron chi connectivity index (χ2n) is 8.36. The van der Waals surface area contributed by atoms with E-state index >= 15 is 0 Å². The molecule has 4 rings (SSSR count). The number of likely N-dealkylation sites (N-methyl/N-ethyl adjacent to an activating group) is 1. The molecule has 4 N–H and O–H groups in total. The molecule has 0 saturated carbocycles. The van der Waals surface area contributed by atoms with Crippen LogP contribution in [0.15, 0.2) is 72.9 Å². The van der Waals surface area contributed by atoms with E-state index in [1.54, 1.807) is 48.7 Å². The quantitative estimate of drug-likeness (QED) is 0.385. The van der Waals surface area contributed by atoms with Gasteiger partial charge in [0.1, 0.15) is 5.82 Å². The molecule has 0 bridgehead atoms. The number of amides is 2. The van der Waals surface area contributed by atoms with Gasteiger partial charge in [-0.1, -0.05) is 18.2 Å².